The van der Waals surface area contributed by atoms with Crippen LogP contribution in [0.15, 0.2) is 42.1 Å². The van der Waals surface area contributed by atoms with Crippen LogP contribution >= 0.6 is 11.8 Å². The SMILES string of the molecule is CSCC(=O)N(CCc1ccccc1)C1=CCCCC1. The minimum absolute atomic E-state index is 0.251. The minimum atomic E-state index is 0.251. The van der Waals surface area contributed by atoms with Crippen molar-refractivity contribution >= 4 is 17.7 Å². The van der Waals surface area contributed by atoms with Crippen molar-refractivity contribution in [3.8, 4) is 0 Å². The predicted octanol–water partition coefficient (Wildman–Crippen LogP) is 3.88. The maximum atomic E-state index is 12.3. The highest BCUT2D eigenvalue weighted by molar-refractivity contribution is 7.99. The van der Waals surface area contributed by atoms with Crippen LogP contribution in [0, 0.1) is 0 Å². The average Bonchev–Trinajstić information content (AvgIpc) is 2.50. The van der Waals surface area contributed by atoms with Crippen LogP contribution in [0.1, 0.15) is 31.2 Å². The molecule has 1 aromatic rings. The Labute approximate surface area is 126 Å². The summed E-state index contributed by atoms with van der Waals surface area (Å²) in [6.07, 6.45) is 9.80. The first-order valence-corrected chi connectivity index (χ1v) is 8.73. The Bertz CT molecular complexity index is 455. The molecule has 0 unspecified atom stereocenters. The van der Waals surface area contributed by atoms with Crippen LogP contribution in [0.4, 0.5) is 0 Å². The van der Waals surface area contributed by atoms with Crippen LogP contribution in [-0.2, 0) is 11.2 Å². The molecule has 0 saturated carbocycles. The van der Waals surface area contributed by atoms with E-state index in [0.29, 0.717) is 5.75 Å². The van der Waals surface area contributed by atoms with Gasteiger partial charge in [-0.25, -0.2) is 0 Å². The highest BCUT2D eigenvalue weighted by Crippen LogP contribution is 2.22. The van der Waals surface area contributed by atoms with Crippen molar-refractivity contribution in [2.45, 2.75) is 32.1 Å². The number of hydrogen-bond acceptors (Lipinski definition) is 2. The Morgan fingerprint density at radius 1 is 1.25 bits per heavy atom. The first-order valence-electron chi connectivity index (χ1n) is 7.33. The Hall–Kier alpha value is -1.22. The maximum Gasteiger partial charge on any atom is 0.236 e. The van der Waals surface area contributed by atoms with Crippen molar-refractivity contribution in [2.24, 2.45) is 0 Å². The molecule has 2 nitrogen and oxygen atoms in total. The molecule has 0 bridgehead atoms. The van der Waals surface area contributed by atoms with Gasteiger partial charge >= 0.3 is 0 Å². The topological polar surface area (TPSA) is 20.3 Å². The number of rotatable bonds is 6. The van der Waals surface area contributed by atoms with Crippen molar-refractivity contribution < 1.29 is 4.79 Å². The van der Waals surface area contributed by atoms with Crippen LogP contribution in [0.3, 0.4) is 0 Å². The lowest BCUT2D eigenvalue weighted by Crippen LogP contribution is -2.34. The summed E-state index contributed by atoms with van der Waals surface area (Å²) in [6.45, 7) is 0.801. The number of amides is 1. The Morgan fingerprint density at radius 3 is 2.70 bits per heavy atom. The van der Waals surface area contributed by atoms with E-state index in [0.717, 1.165) is 25.8 Å². The standard InChI is InChI=1S/C17H23NOS/c1-20-14-17(19)18(16-10-6-3-7-11-16)13-12-15-8-4-2-5-9-15/h2,4-5,8-10H,3,6-7,11-14H2,1H3. The van der Waals surface area contributed by atoms with Crippen molar-refractivity contribution in [3.63, 3.8) is 0 Å². The molecule has 1 aliphatic carbocycles. The Balaban J connectivity index is 2.02. The Kier molecular flexibility index (Phi) is 6.19. The van der Waals surface area contributed by atoms with Gasteiger partial charge in [0.15, 0.2) is 0 Å². The van der Waals surface area contributed by atoms with E-state index in [9.17, 15) is 4.79 Å². The van der Waals surface area contributed by atoms with E-state index in [1.165, 1.54) is 24.1 Å². The van der Waals surface area contributed by atoms with Gasteiger partial charge in [0.25, 0.3) is 0 Å². The monoisotopic (exact) mass is 289 g/mol. The lowest BCUT2D eigenvalue weighted by molar-refractivity contribution is -0.126. The number of allylic oxidation sites excluding steroid dienone is 2. The number of carbonyl (C=O) groups is 1. The van der Waals surface area contributed by atoms with E-state index in [-0.39, 0.29) is 5.91 Å². The van der Waals surface area contributed by atoms with Crippen LogP contribution in [0.2, 0.25) is 0 Å². The fourth-order valence-electron chi connectivity index (χ4n) is 2.58. The van der Waals surface area contributed by atoms with Crippen LogP contribution in [0.25, 0.3) is 0 Å². The number of nitrogens with zero attached hydrogens (tertiary/aromatic N) is 1. The van der Waals surface area contributed by atoms with Gasteiger partial charge in [-0.3, -0.25) is 4.79 Å². The normalized spacial score (nSPS) is 14.8. The minimum Gasteiger partial charge on any atom is -0.315 e. The number of benzene rings is 1. The first-order chi connectivity index (χ1) is 9.81. The summed E-state index contributed by atoms with van der Waals surface area (Å²) in [6, 6.07) is 10.4. The Morgan fingerprint density at radius 2 is 2.05 bits per heavy atom. The van der Waals surface area contributed by atoms with E-state index < -0.39 is 0 Å². The van der Waals surface area contributed by atoms with Gasteiger partial charge in [-0.2, -0.15) is 11.8 Å². The fourth-order valence-corrected chi connectivity index (χ4v) is 2.98. The summed E-state index contributed by atoms with van der Waals surface area (Å²) < 4.78 is 0. The second-order valence-electron chi connectivity index (χ2n) is 5.16. The summed E-state index contributed by atoms with van der Waals surface area (Å²) in [7, 11) is 0. The molecule has 0 saturated heterocycles. The van der Waals surface area contributed by atoms with Gasteiger partial charge in [-0.1, -0.05) is 36.4 Å². The van der Waals surface area contributed by atoms with Crippen LogP contribution in [0.5, 0.6) is 0 Å². The fraction of sp³-hybridized carbons (Fsp3) is 0.471. The molecular weight excluding hydrogens is 266 g/mol. The van der Waals surface area contributed by atoms with E-state index in [1.54, 1.807) is 11.8 Å². The first kappa shape index (κ1) is 15.2. The molecule has 20 heavy (non-hydrogen) atoms. The van der Waals surface area contributed by atoms with Gasteiger partial charge in [0.05, 0.1) is 5.75 Å². The van der Waals surface area contributed by atoms with Gasteiger partial charge in [0.2, 0.25) is 5.91 Å². The molecule has 3 heteroatoms. The van der Waals surface area contributed by atoms with Crippen LogP contribution < -0.4 is 0 Å². The smallest absolute Gasteiger partial charge is 0.236 e. The molecule has 1 aromatic carbocycles. The molecule has 0 N–H and O–H groups in total. The third-order valence-corrected chi connectivity index (χ3v) is 4.19. The average molecular weight is 289 g/mol. The molecule has 0 fully saturated rings. The summed E-state index contributed by atoms with van der Waals surface area (Å²) in [4.78, 5) is 14.3. The van der Waals surface area contributed by atoms with E-state index in [1.807, 2.05) is 17.2 Å². The quantitative estimate of drug-likeness (QED) is 0.792. The zero-order chi connectivity index (χ0) is 14.2. The molecule has 1 aliphatic rings. The molecule has 1 amide bonds. The van der Waals surface area contributed by atoms with Crippen LogP contribution in [-0.4, -0.2) is 29.4 Å². The molecule has 0 radical (unpaired) electrons. The van der Waals surface area contributed by atoms with Crippen molar-refractivity contribution in [3.05, 3.63) is 47.7 Å². The molecule has 0 atom stereocenters. The molecule has 0 heterocycles. The van der Waals surface area contributed by atoms with Gasteiger partial charge < -0.3 is 4.90 Å². The number of hydrogen-bond donors (Lipinski definition) is 0. The molecule has 0 aromatic heterocycles. The van der Waals surface area contributed by atoms with E-state index in [2.05, 4.69) is 30.3 Å². The van der Waals surface area contributed by atoms with Gasteiger partial charge in [-0.15, -0.1) is 0 Å². The molecule has 2 rings (SSSR count). The number of thioether (sulfide) groups is 1. The van der Waals surface area contributed by atoms with Gasteiger partial charge in [-0.05, 0) is 43.9 Å². The second kappa shape index (κ2) is 8.15. The van der Waals surface area contributed by atoms with E-state index in [4.69, 9.17) is 0 Å². The molecule has 108 valence electrons. The van der Waals surface area contributed by atoms with Crippen molar-refractivity contribution in [2.75, 3.05) is 18.6 Å². The lowest BCUT2D eigenvalue weighted by Gasteiger charge is -2.27. The van der Waals surface area contributed by atoms with Crippen molar-refractivity contribution in [1.82, 2.24) is 4.90 Å². The highest BCUT2D eigenvalue weighted by atomic mass is 32.2. The van der Waals surface area contributed by atoms with Gasteiger partial charge in [0, 0.05) is 12.2 Å². The maximum absolute atomic E-state index is 12.3. The third-order valence-electron chi connectivity index (χ3n) is 3.65. The largest absolute Gasteiger partial charge is 0.315 e. The zero-order valence-electron chi connectivity index (χ0n) is 12.2. The molecule has 0 aliphatic heterocycles. The lowest BCUT2D eigenvalue weighted by atomic mass is 10.0. The van der Waals surface area contributed by atoms with E-state index >= 15 is 0 Å². The number of carbonyl (C=O) groups excluding carboxylic acids is 1. The highest BCUT2D eigenvalue weighted by Gasteiger charge is 2.18. The summed E-state index contributed by atoms with van der Waals surface area (Å²) >= 11 is 1.61. The summed E-state index contributed by atoms with van der Waals surface area (Å²) in [5.74, 6) is 0.827. The molecular formula is C17H23NOS. The zero-order valence-corrected chi connectivity index (χ0v) is 13.0. The summed E-state index contributed by atoms with van der Waals surface area (Å²) in [5, 5.41) is 0. The third kappa shape index (κ3) is 4.41. The second-order valence-corrected chi connectivity index (χ2v) is 6.02. The van der Waals surface area contributed by atoms with Crippen molar-refractivity contribution in [1.29, 1.82) is 0 Å². The molecule has 0 spiro atoms. The summed E-state index contributed by atoms with van der Waals surface area (Å²) in [5.41, 5.74) is 2.54. The predicted molar refractivity (Wildman–Crippen MR) is 86.8 cm³/mol. The van der Waals surface area contributed by atoms with Gasteiger partial charge in [0.1, 0.15) is 0 Å².